The van der Waals surface area contributed by atoms with Crippen LogP contribution in [0.15, 0.2) is 0 Å². The Balaban J connectivity index is 2.67. The molecule has 104 valence electrons. The lowest BCUT2D eigenvalue weighted by molar-refractivity contribution is -0.160. The highest BCUT2D eigenvalue weighted by molar-refractivity contribution is 5.76. The molecular formula is C12H21NO5. The zero-order valence-electron chi connectivity index (χ0n) is 11.3. The smallest absolute Gasteiger partial charge is 0.410 e. The summed E-state index contributed by atoms with van der Waals surface area (Å²) < 4.78 is 5.18. The Labute approximate surface area is 107 Å². The number of piperidine rings is 1. The van der Waals surface area contributed by atoms with E-state index in [0.29, 0.717) is 0 Å². The summed E-state index contributed by atoms with van der Waals surface area (Å²) in [6.45, 7) is 7.02. The van der Waals surface area contributed by atoms with Crippen LogP contribution in [-0.4, -0.2) is 52.0 Å². The minimum atomic E-state index is -1.20. The van der Waals surface area contributed by atoms with Crippen LogP contribution in [0.5, 0.6) is 0 Å². The number of likely N-dealkylation sites (tertiary alicyclic amines) is 1. The standard InChI is InChI=1S/C12H21NO5/c1-11(2,3)18-10(17)13-6-5-12(4,9(15)16)8(14)7-13/h8,14H,5-7H2,1-4H3,(H,15,16)/t8-,12+/m1/s1. The molecular weight excluding hydrogens is 238 g/mol. The van der Waals surface area contributed by atoms with Gasteiger partial charge in [-0.3, -0.25) is 4.79 Å². The molecule has 1 fully saturated rings. The molecule has 0 spiro atoms. The van der Waals surface area contributed by atoms with Gasteiger partial charge in [0.25, 0.3) is 0 Å². The summed E-state index contributed by atoms with van der Waals surface area (Å²) in [4.78, 5) is 24.2. The Hall–Kier alpha value is -1.30. The number of rotatable bonds is 1. The van der Waals surface area contributed by atoms with Gasteiger partial charge in [0.05, 0.1) is 18.1 Å². The fraction of sp³-hybridized carbons (Fsp3) is 0.833. The lowest BCUT2D eigenvalue weighted by Crippen LogP contribution is -2.55. The number of carboxylic acid groups (broad SMARTS) is 1. The lowest BCUT2D eigenvalue weighted by atomic mass is 9.78. The maximum Gasteiger partial charge on any atom is 0.410 e. The topological polar surface area (TPSA) is 87.1 Å². The second-order valence-corrected chi connectivity index (χ2v) is 5.91. The molecule has 2 N–H and O–H groups in total. The Morgan fingerprint density at radius 1 is 1.39 bits per heavy atom. The number of amides is 1. The number of β-amino-alcohol motifs (C(OH)–C–C–N with tert-alkyl or cyclic N) is 1. The van der Waals surface area contributed by atoms with Crippen molar-refractivity contribution < 1.29 is 24.5 Å². The molecule has 0 aromatic carbocycles. The van der Waals surface area contributed by atoms with Gasteiger partial charge in [-0.15, -0.1) is 0 Å². The van der Waals surface area contributed by atoms with Crippen LogP contribution in [0, 0.1) is 5.41 Å². The van der Waals surface area contributed by atoms with Crippen LogP contribution in [0.1, 0.15) is 34.1 Å². The van der Waals surface area contributed by atoms with Crippen LogP contribution in [-0.2, 0) is 9.53 Å². The van der Waals surface area contributed by atoms with Gasteiger partial charge in [0.2, 0.25) is 0 Å². The highest BCUT2D eigenvalue weighted by Gasteiger charge is 2.46. The molecule has 1 aliphatic rings. The maximum absolute atomic E-state index is 11.8. The molecule has 0 aromatic heterocycles. The predicted octanol–water partition coefficient (Wildman–Crippen LogP) is 1.08. The van der Waals surface area contributed by atoms with E-state index in [1.165, 1.54) is 11.8 Å². The Bertz CT molecular complexity index is 349. The van der Waals surface area contributed by atoms with Crippen molar-refractivity contribution in [2.24, 2.45) is 5.41 Å². The summed E-state index contributed by atoms with van der Waals surface area (Å²) in [5.41, 5.74) is -1.80. The molecule has 1 saturated heterocycles. The van der Waals surface area contributed by atoms with Crippen molar-refractivity contribution in [2.75, 3.05) is 13.1 Å². The van der Waals surface area contributed by atoms with Crippen molar-refractivity contribution in [3.05, 3.63) is 0 Å². The van der Waals surface area contributed by atoms with Gasteiger partial charge in [-0.25, -0.2) is 4.79 Å². The number of ether oxygens (including phenoxy) is 1. The minimum Gasteiger partial charge on any atom is -0.481 e. The second kappa shape index (κ2) is 4.76. The molecule has 1 rings (SSSR count). The molecule has 6 heteroatoms. The van der Waals surface area contributed by atoms with Crippen LogP contribution < -0.4 is 0 Å². The van der Waals surface area contributed by atoms with Crippen molar-refractivity contribution >= 4 is 12.1 Å². The highest BCUT2D eigenvalue weighted by Crippen LogP contribution is 2.32. The minimum absolute atomic E-state index is 0.0162. The van der Waals surface area contributed by atoms with Crippen LogP contribution in [0.4, 0.5) is 4.79 Å². The Morgan fingerprint density at radius 2 is 1.94 bits per heavy atom. The van der Waals surface area contributed by atoms with Gasteiger partial charge in [0.15, 0.2) is 0 Å². The van der Waals surface area contributed by atoms with Gasteiger partial charge in [0.1, 0.15) is 5.60 Å². The van der Waals surface area contributed by atoms with Crippen molar-refractivity contribution in [3.63, 3.8) is 0 Å². The molecule has 0 aromatic rings. The van der Waals surface area contributed by atoms with Crippen molar-refractivity contribution in [1.82, 2.24) is 4.90 Å². The fourth-order valence-corrected chi connectivity index (χ4v) is 1.78. The van der Waals surface area contributed by atoms with Crippen LogP contribution in [0.3, 0.4) is 0 Å². The van der Waals surface area contributed by atoms with Crippen molar-refractivity contribution in [3.8, 4) is 0 Å². The Morgan fingerprint density at radius 3 is 2.33 bits per heavy atom. The van der Waals surface area contributed by atoms with Gasteiger partial charge < -0.3 is 19.8 Å². The van der Waals surface area contributed by atoms with Crippen molar-refractivity contribution in [2.45, 2.75) is 45.8 Å². The number of carbonyl (C=O) groups is 2. The molecule has 18 heavy (non-hydrogen) atoms. The quantitative estimate of drug-likeness (QED) is 0.735. The summed E-state index contributed by atoms with van der Waals surface area (Å²) in [6, 6.07) is 0. The van der Waals surface area contributed by atoms with Crippen LogP contribution >= 0.6 is 0 Å². The molecule has 1 heterocycles. The van der Waals surface area contributed by atoms with E-state index in [1.807, 2.05) is 0 Å². The first kappa shape index (κ1) is 14.8. The molecule has 0 aliphatic carbocycles. The lowest BCUT2D eigenvalue weighted by Gasteiger charge is -2.40. The molecule has 1 aliphatic heterocycles. The normalized spacial score (nSPS) is 28.9. The second-order valence-electron chi connectivity index (χ2n) is 5.91. The summed E-state index contributed by atoms with van der Waals surface area (Å²) in [6.07, 6.45) is -1.40. The van der Waals surface area contributed by atoms with Gasteiger partial charge in [0, 0.05) is 6.54 Å². The molecule has 6 nitrogen and oxygen atoms in total. The third kappa shape index (κ3) is 3.13. The predicted molar refractivity (Wildman–Crippen MR) is 64.2 cm³/mol. The largest absolute Gasteiger partial charge is 0.481 e. The molecule has 0 bridgehead atoms. The summed E-state index contributed by atoms with van der Waals surface area (Å²) >= 11 is 0. The van der Waals surface area contributed by atoms with Crippen molar-refractivity contribution in [1.29, 1.82) is 0 Å². The number of aliphatic carboxylic acids is 1. The number of hydrogen-bond acceptors (Lipinski definition) is 4. The molecule has 1 amide bonds. The first-order valence-electron chi connectivity index (χ1n) is 5.95. The average Bonchev–Trinajstić information content (AvgIpc) is 2.19. The Kier molecular flexibility index (Phi) is 3.90. The fourth-order valence-electron chi connectivity index (χ4n) is 1.78. The van der Waals surface area contributed by atoms with E-state index in [9.17, 15) is 14.7 Å². The number of aliphatic hydroxyl groups excluding tert-OH is 1. The third-order valence-corrected chi connectivity index (χ3v) is 3.17. The number of nitrogens with zero attached hydrogens (tertiary/aromatic N) is 1. The first-order valence-corrected chi connectivity index (χ1v) is 5.95. The van der Waals surface area contributed by atoms with E-state index >= 15 is 0 Å². The van der Waals surface area contributed by atoms with E-state index in [2.05, 4.69) is 0 Å². The summed E-state index contributed by atoms with van der Waals surface area (Å²) in [5.74, 6) is -1.04. The van der Waals surface area contributed by atoms with Crippen LogP contribution in [0.25, 0.3) is 0 Å². The monoisotopic (exact) mass is 259 g/mol. The summed E-state index contributed by atoms with van der Waals surface area (Å²) in [5, 5.41) is 19.0. The van der Waals surface area contributed by atoms with E-state index in [4.69, 9.17) is 9.84 Å². The van der Waals surface area contributed by atoms with E-state index in [1.54, 1.807) is 20.8 Å². The third-order valence-electron chi connectivity index (χ3n) is 3.17. The molecule has 0 saturated carbocycles. The van der Waals surface area contributed by atoms with Gasteiger partial charge in [-0.2, -0.15) is 0 Å². The number of aliphatic hydroxyl groups is 1. The van der Waals surface area contributed by atoms with E-state index in [-0.39, 0.29) is 19.5 Å². The zero-order chi connectivity index (χ0) is 14.1. The number of carbonyl (C=O) groups excluding carboxylic acids is 1. The average molecular weight is 259 g/mol. The number of carboxylic acids is 1. The molecule has 2 atom stereocenters. The van der Waals surface area contributed by atoms with Gasteiger partial charge >= 0.3 is 12.1 Å². The number of hydrogen-bond donors (Lipinski definition) is 2. The maximum atomic E-state index is 11.8. The van der Waals surface area contributed by atoms with Gasteiger partial charge in [-0.05, 0) is 34.1 Å². The first-order chi connectivity index (χ1) is 8.06. The van der Waals surface area contributed by atoms with Gasteiger partial charge in [-0.1, -0.05) is 0 Å². The molecule has 0 radical (unpaired) electrons. The SMILES string of the molecule is CC(C)(C)OC(=O)N1CC[C@](C)(C(=O)O)[C@H](O)C1. The highest BCUT2D eigenvalue weighted by atomic mass is 16.6. The van der Waals surface area contributed by atoms with E-state index in [0.717, 1.165) is 0 Å². The zero-order valence-corrected chi connectivity index (χ0v) is 11.3. The van der Waals surface area contributed by atoms with E-state index < -0.39 is 29.2 Å². The van der Waals surface area contributed by atoms with Crippen LogP contribution in [0.2, 0.25) is 0 Å². The summed E-state index contributed by atoms with van der Waals surface area (Å²) in [7, 11) is 0. The molecule has 0 unspecified atom stereocenters.